The van der Waals surface area contributed by atoms with Crippen molar-refractivity contribution in [2.24, 2.45) is 7.05 Å². The van der Waals surface area contributed by atoms with E-state index in [0.717, 1.165) is 56.6 Å². The summed E-state index contributed by atoms with van der Waals surface area (Å²) in [7, 11) is 1.95. The van der Waals surface area contributed by atoms with E-state index in [4.69, 9.17) is 4.74 Å². The van der Waals surface area contributed by atoms with Crippen LogP contribution in [0.2, 0.25) is 0 Å². The number of aromatic nitrogens is 2. The molecule has 0 bridgehead atoms. The number of fused-ring (bicyclic) bond motifs is 1. The van der Waals surface area contributed by atoms with Gasteiger partial charge >= 0.3 is 0 Å². The van der Waals surface area contributed by atoms with E-state index in [-0.39, 0.29) is 11.5 Å². The first kappa shape index (κ1) is 19.6. The molecule has 0 saturated carbocycles. The minimum Gasteiger partial charge on any atom is -0.370 e. The van der Waals surface area contributed by atoms with Crippen LogP contribution in [0, 0.1) is 6.92 Å². The summed E-state index contributed by atoms with van der Waals surface area (Å²) in [6.45, 7) is 8.55. The average Bonchev–Trinajstić information content (AvgIpc) is 3.25. The van der Waals surface area contributed by atoms with Crippen molar-refractivity contribution in [3.63, 3.8) is 0 Å². The summed E-state index contributed by atoms with van der Waals surface area (Å²) in [5, 5.41) is 9.63. The molecule has 28 heavy (non-hydrogen) atoms. The fourth-order valence-corrected chi connectivity index (χ4v) is 5.22. The minimum absolute atomic E-state index is 0.0839. The van der Waals surface area contributed by atoms with Gasteiger partial charge in [0.25, 0.3) is 5.91 Å². The number of nitrogens with one attached hydrogen (secondary N) is 1. The highest BCUT2D eigenvalue weighted by atomic mass is 32.1. The molecule has 1 amide bonds. The van der Waals surface area contributed by atoms with Crippen LogP contribution in [-0.2, 0) is 31.4 Å². The van der Waals surface area contributed by atoms with Crippen molar-refractivity contribution in [1.29, 1.82) is 0 Å². The molecular formula is C21H30N4O2S. The topological polar surface area (TPSA) is 59.4 Å². The molecule has 0 radical (unpaired) electrons. The lowest BCUT2D eigenvalue weighted by atomic mass is 9.83. The zero-order valence-electron chi connectivity index (χ0n) is 17.1. The molecule has 2 aliphatic heterocycles. The Morgan fingerprint density at radius 2 is 2.18 bits per heavy atom. The Morgan fingerprint density at radius 1 is 1.39 bits per heavy atom. The molecule has 1 saturated heterocycles. The summed E-state index contributed by atoms with van der Waals surface area (Å²) in [4.78, 5) is 16.4. The third kappa shape index (κ3) is 3.75. The predicted molar refractivity (Wildman–Crippen MR) is 111 cm³/mol. The first-order chi connectivity index (χ1) is 13.5. The first-order valence-electron chi connectivity index (χ1n) is 10.2. The molecule has 1 spiro atoms. The number of ether oxygens (including phenoxy) is 1. The van der Waals surface area contributed by atoms with Crippen molar-refractivity contribution in [3.05, 3.63) is 38.8 Å². The number of likely N-dealkylation sites (tertiary alicyclic amines) is 1. The molecule has 0 aromatic carbocycles. The maximum absolute atomic E-state index is 12.4. The lowest BCUT2D eigenvalue weighted by Crippen LogP contribution is -2.49. The molecule has 2 aromatic rings. The van der Waals surface area contributed by atoms with E-state index in [0.29, 0.717) is 18.8 Å². The van der Waals surface area contributed by atoms with E-state index in [1.54, 1.807) is 0 Å². The van der Waals surface area contributed by atoms with Crippen LogP contribution in [0.5, 0.6) is 0 Å². The summed E-state index contributed by atoms with van der Waals surface area (Å²) >= 11 is 1.85. The summed E-state index contributed by atoms with van der Waals surface area (Å²) in [5.74, 6) is -0.0839. The van der Waals surface area contributed by atoms with Crippen LogP contribution in [0.4, 0.5) is 0 Å². The fourth-order valence-electron chi connectivity index (χ4n) is 4.27. The molecule has 1 N–H and O–H groups in total. The van der Waals surface area contributed by atoms with Crippen molar-refractivity contribution in [1.82, 2.24) is 20.0 Å². The highest BCUT2D eigenvalue weighted by Gasteiger charge is 2.41. The number of aryl methyl sites for hydroxylation is 2. The van der Waals surface area contributed by atoms with E-state index < -0.39 is 0 Å². The maximum Gasteiger partial charge on any atom is 0.272 e. The van der Waals surface area contributed by atoms with Gasteiger partial charge in [0.05, 0.1) is 12.2 Å². The molecular weight excluding hydrogens is 372 g/mol. The fraction of sp³-hybridized carbons (Fsp3) is 0.619. The van der Waals surface area contributed by atoms with Gasteiger partial charge in [-0.2, -0.15) is 5.10 Å². The van der Waals surface area contributed by atoms with E-state index in [1.807, 2.05) is 30.0 Å². The largest absolute Gasteiger partial charge is 0.370 e. The van der Waals surface area contributed by atoms with Gasteiger partial charge in [0.1, 0.15) is 0 Å². The van der Waals surface area contributed by atoms with Crippen LogP contribution in [0.3, 0.4) is 0 Å². The normalized spacial score (nSPS) is 19.0. The molecule has 4 heterocycles. The Balaban J connectivity index is 1.42. The number of hydrogen-bond acceptors (Lipinski definition) is 5. The number of thiophene rings is 1. The molecule has 0 atom stereocenters. The first-order valence-corrected chi connectivity index (χ1v) is 11.1. The Morgan fingerprint density at radius 3 is 2.86 bits per heavy atom. The van der Waals surface area contributed by atoms with Gasteiger partial charge in [0.2, 0.25) is 0 Å². The number of nitrogens with zero attached hydrogens (tertiary/aromatic N) is 3. The van der Waals surface area contributed by atoms with E-state index in [9.17, 15) is 4.79 Å². The SMILES string of the molecule is CCCNC(=O)c1nn(C)c2c1COC1(CCN(Cc3sccc3C)CC1)C2. The van der Waals surface area contributed by atoms with E-state index in [1.165, 1.54) is 10.4 Å². The second kappa shape index (κ2) is 7.97. The second-order valence-electron chi connectivity index (χ2n) is 8.10. The Hall–Kier alpha value is -1.70. The number of amides is 1. The molecule has 0 unspecified atom stereocenters. The van der Waals surface area contributed by atoms with E-state index in [2.05, 4.69) is 33.7 Å². The molecule has 4 rings (SSSR count). The van der Waals surface area contributed by atoms with Crippen molar-refractivity contribution < 1.29 is 9.53 Å². The average molecular weight is 403 g/mol. The summed E-state index contributed by atoms with van der Waals surface area (Å²) < 4.78 is 8.28. The number of rotatable bonds is 5. The molecule has 2 aromatic heterocycles. The van der Waals surface area contributed by atoms with Crippen LogP contribution < -0.4 is 5.32 Å². The minimum atomic E-state index is -0.112. The Labute approximate surface area is 170 Å². The molecule has 6 nitrogen and oxygen atoms in total. The number of piperidine rings is 1. The van der Waals surface area contributed by atoms with Gasteiger partial charge in [0.15, 0.2) is 5.69 Å². The zero-order valence-corrected chi connectivity index (χ0v) is 17.9. The number of hydrogen-bond donors (Lipinski definition) is 1. The molecule has 2 aliphatic rings. The quantitative estimate of drug-likeness (QED) is 0.835. The van der Waals surface area contributed by atoms with Gasteiger partial charge in [-0.25, -0.2) is 0 Å². The summed E-state index contributed by atoms with van der Waals surface area (Å²) in [6.07, 6.45) is 3.82. The Kier molecular flexibility index (Phi) is 5.58. The van der Waals surface area contributed by atoms with Gasteiger partial charge in [-0.05, 0) is 43.2 Å². The highest BCUT2D eigenvalue weighted by molar-refractivity contribution is 7.10. The molecule has 152 valence electrons. The van der Waals surface area contributed by atoms with Gasteiger partial charge in [-0.1, -0.05) is 6.92 Å². The van der Waals surface area contributed by atoms with E-state index >= 15 is 0 Å². The van der Waals surface area contributed by atoms with Crippen molar-refractivity contribution in [2.75, 3.05) is 19.6 Å². The smallest absolute Gasteiger partial charge is 0.272 e. The maximum atomic E-state index is 12.4. The predicted octanol–water partition coefficient (Wildman–Crippen LogP) is 3.04. The molecule has 0 aliphatic carbocycles. The third-order valence-corrected chi connectivity index (χ3v) is 7.15. The standard InChI is InChI=1S/C21H30N4O2S/c1-4-8-22-20(26)19-16-14-27-21(12-17(16)24(3)23-19)6-9-25(10-7-21)13-18-15(2)5-11-28-18/h5,11H,4,6-10,12-14H2,1-3H3,(H,22,26). The van der Waals surface area contributed by atoms with Gasteiger partial charge in [0, 0.05) is 55.8 Å². The van der Waals surface area contributed by atoms with Crippen LogP contribution in [-0.4, -0.2) is 45.8 Å². The lowest BCUT2D eigenvalue weighted by molar-refractivity contribution is -0.104. The van der Waals surface area contributed by atoms with Gasteiger partial charge in [-0.3, -0.25) is 14.4 Å². The van der Waals surface area contributed by atoms with Crippen LogP contribution in [0.1, 0.15) is 58.4 Å². The highest BCUT2D eigenvalue weighted by Crippen LogP contribution is 2.37. The zero-order chi connectivity index (χ0) is 19.7. The van der Waals surface area contributed by atoms with Gasteiger partial charge in [-0.15, -0.1) is 11.3 Å². The molecule has 1 fully saturated rings. The monoisotopic (exact) mass is 402 g/mol. The van der Waals surface area contributed by atoms with Crippen LogP contribution in [0.15, 0.2) is 11.4 Å². The van der Waals surface area contributed by atoms with Crippen molar-refractivity contribution in [3.8, 4) is 0 Å². The second-order valence-corrected chi connectivity index (χ2v) is 9.11. The number of carbonyl (C=O) groups is 1. The van der Waals surface area contributed by atoms with Crippen molar-refractivity contribution in [2.45, 2.75) is 58.3 Å². The van der Waals surface area contributed by atoms with Crippen molar-refractivity contribution >= 4 is 17.2 Å². The summed E-state index contributed by atoms with van der Waals surface area (Å²) in [6, 6.07) is 2.20. The molecule has 7 heteroatoms. The van der Waals surface area contributed by atoms with Crippen LogP contribution >= 0.6 is 11.3 Å². The summed E-state index contributed by atoms with van der Waals surface area (Å²) in [5.41, 5.74) is 3.95. The Bertz CT molecular complexity index is 849. The van der Waals surface area contributed by atoms with Crippen LogP contribution in [0.25, 0.3) is 0 Å². The lowest BCUT2D eigenvalue weighted by Gasteiger charge is -2.43. The number of carbonyl (C=O) groups excluding carboxylic acids is 1. The van der Waals surface area contributed by atoms with Gasteiger partial charge < -0.3 is 10.1 Å². The third-order valence-electron chi connectivity index (χ3n) is 6.14.